The number of benzene rings is 1. The summed E-state index contributed by atoms with van der Waals surface area (Å²) in [6.07, 6.45) is 2.07. The minimum atomic E-state index is 0.978. The van der Waals surface area contributed by atoms with Crippen LogP contribution in [-0.4, -0.2) is 16.2 Å². The zero-order chi connectivity index (χ0) is 10.1. The number of hydrogen-bond donors (Lipinski definition) is 0. The van der Waals surface area contributed by atoms with Gasteiger partial charge in [-0.25, -0.2) is 9.97 Å². The van der Waals surface area contributed by atoms with Gasteiger partial charge in [-0.3, -0.25) is 0 Å². The molecule has 72 valence electrons. The normalized spacial score (nSPS) is 10.8. The summed E-state index contributed by atoms with van der Waals surface area (Å²) in [5, 5.41) is 0. The molecule has 0 atom stereocenters. The lowest BCUT2D eigenvalue weighted by Gasteiger charge is -2.03. The molecule has 2 aromatic rings. The molecule has 0 saturated carbocycles. The Kier molecular flexibility index (Phi) is 2.42. The average molecular weight is 204 g/mol. The first kappa shape index (κ1) is 9.46. The van der Waals surface area contributed by atoms with Gasteiger partial charge in [0.2, 0.25) is 0 Å². The van der Waals surface area contributed by atoms with Crippen LogP contribution in [0.4, 0.5) is 0 Å². The fourth-order valence-corrected chi connectivity index (χ4v) is 1.77. The molecule has 0 radical (unpaired) electrons. The van der Waals surface area contributed by atoms with E-state index in [2.05, 4.69) is 28.4 Å². The molecule has 0 aliphatic carbocycles. The fourth-order valence-electron chi connectivity index (χ4n) is 1.34. The van der Waals surface area contributed by atoms with Crippen LogP contribution in [0.3, 0.4) is 0 Å². The van der Waals surface area contributed by atoms with Crippen molar-refractivity contribution in [2.24, 2.45) is 0 Å². The number of thioether (sulfide) groups is 1. The summed E-state index contributed by atoms with van der Waals surface area (Å²) in [5.74, 6) is 0. The Morgan fingerprint density at radius 1 is 1.00 bits per heavy atom. The van der Waals surface area contributed by atoms with Gasteiger partial charge in [-0.1, -0.05) is 0 Å². The molecular weight excluding hydrogens is 192 g/mol. The third-order valence-electron chi connectivity index (χ3n) is 2.28. The Bertz CT molecular complexity index is 480. The predicted octanol–water partition coefficient (Wildman–Crippen LogP) is 2.97. The lowest BCUT2D eigenvalue weighted by atomic mass is 10.2. The highest BCUT2D eigenvalue weighted by molar-refractivity contribution is 7.98. The van der Waals surface area contributed by atoms with E-state index in [1.807, 2.05) is 19.9 Å². The number of rotatable bonds is 1. The quantitative estimate of drug-likeness (QED) is 0.668. The van der Waals surface area contributed by atoms with Crippen LogP contribution in [0.25, 0.3) is 11.0 Å². The number of hydrogen-bond acceptors (Lipinski definition) is 3. The lowest BCUT2D eigenvalue weighted by molar-refractivity contribution is 1.10. The largest absolute Gasteiger partial charge is 0.250 e. The Balaban J connectivity index is 2.70. The van der Waals surface area contributed by atoms with Crippen molar-refractivity contribution in [3.8, 4) is 0 Å². The fraction of sp³-hybridized carbons (Fsp3) is 0.273. The lowest BCUT2D eigenvalue weighted by Crippen LogP contribution is -1.92. The standard InChI is InChI=1S/C11H12N2S/c1-7-8(2)13-11-6-9(14-3)4-5-10(11)12-7/h4-6H,1-3H3. The molecule has 0 bridgehead atoms. The minimum Gasteiger partial charge on any atom is -0.250 e. The Morgan fingerprint density at radius 2 is 1.64 bits per heavy atom. The maximum absolute atomic E-state index is 4.51. The van der Waals surface area contributed by atoms with Crippen LogP contribution < -0.4 is 0 Å². The summed E-state index contributed by atoms with van der Waals surface area (Å²) in [5.41, 5.74) is 3.98. The number of nitrogens with zero attached hydrogens (tertiary/aromatic N) is 2. The van der Waals surface area contributed by atoms with E-state index >= 15 is 0 Å². The van der Waals surface area contributed by atoms with Gasteiger partial charge in [0.25, 0.3) is 0 Å². The molecule has 0 spiro atoms. The smallest absolute Gasteiger partial charge is 0.0901 e. The molecule has 1 heterocycles. The van der Waals surface area contributed by atoms with Crippen molar-refractivity contribution in [3.05, 3.63) is 29.6 Å². The summed E-state index contributed by atoms with van der Waals surface area (Å²) >= 11 is 1.73. The zero-order valence-electron chi connectivity index (χ0n) is 8.53. The van der Waals surface area contributed by atoms with Crippen LogP contribution in [0, 0.1) is 13.8 Å². The van der Waals surface area contributed by atoms with Crippen LogP contribution in [0.5, 0.6) is 0 Å². The van der Waals surface area contributed by atoms with Crippen LogP contribution in [0.2, 0.25) is 0 Å². The molecule has 0 amide bonds. The summed E-state index contributed by atoms with van der Waals surface area (Å²) in [6, 6.07) is 6.19. The van der Waals surface area contributed by atoms with Gasteiger partial charge in [-0.2, -0.15) is 0 Å². The van der Waals surface area contributed by atoms with Gasteiger partial charge in [0.1, 0.15) is 0 Å². The second kappa shape index (κ2) is 3.58. The van der Waals surface area contributed by atoms with Crippen molar-refractivity contribution >= 4 is 22.8 Å². The predicted molar refractivity (Wildman–Crippen MR) is 60.8 cm³/mol. The SMILES string of the molecule is CSc1ccc2nc(C)c(C)nc2c1. The molecule has 0 aliphatic rings. The Hall–Kier alpha value is -1.09. The average Bonchev–Trinajstić information content (AvgIpc) is 2.19. The van der Waals surface area contributed by atoms with E-state index in [1.54, 1.807) is 11.8 Å². The van der Waals surface area contributed by atoms with E-state index in [0.29, 0.717) is 0 Å². The van der Waals surface area contributed by atoms with Gasteiger partial charge in [-0.15, -0.1) is 11.8 Å². The van der Waals surface area contributed by atoms with Crippen molar-refractivity contribution in [1.29, 1.82) is 0 Å². The van der Waals surface area contributed by atoms with Crippen molar-refractivity contribution in [1.82, 2.24) is 9.97 Å². The summed E-state index contributed by atoms with van der Waals surface area (Å²) in [7, 11) is 0. The molecule has 0 saturated heterocycles. The van der Waals surface area contributed by atoms with Crippen molar-refractivity contribution in [3.63, 3.8) is 0 Å². The van der Waals surface area contributed by atoms with Crippen LogP contribution in [0.15, 0.2) is 23.1 Å². The molecule has 0 aliphatic heterocycles. The van der Waals surface area contributed by atoms with Crippen molar-refractivity contribution in [2.75, 3.05) is 6.26 Å². The highest BCUT2D eigenvalue weighted by atomic mass is 32.2. The first-order valence-electron chi connectivity index (χ1n) is 4.49. The first-order valence-corrected chi connectivity index (χ1v) is 5.72. The molecule has 3 heteroatoms. The molecule has 2 nitrogen and oxygen atoms in total. The minimum absolute atomic E-state index is 0.978. The third-order valence-corrected chi connectivity index (χ3v) is 3.01. The van der Waals surface area contributed by atoms with Crippen LogP contribution in [0.1, 0.15) is 11.4 Å². The van der Waals surface area contributed by atoms with E-state index in [-0.39, 0.29) is 0 Å². The third kappa shape index (κ3) is 1.60. The van der Waals surface area contributed by atoms with E-state index in [4.69, 9.17) is 0 Å². The van der Waals surface area contributed by atoms with Gasteiger partial charge in [0.15, 0.2) is 0 Å². The molecular formula is C11H12N2S. The van der Waals surface area contributed by atoms with Gasteiger partial charge in [0.05, 0.1) is 22.4 Å². The van der Waals surface area contributed by atoms with Crippen LogP contribution >= 0.6 is 11.8 Å². The molecule has 0 unspecified atom stereocenters. The molecule has 0 fully saturated rings. The van der Waals surface area contributed by atoms with Gasteiger partial charge in [-0.05, 0) is 38.3 Å². The van der Waals surface area contributed by atoms with E-state index in [1.165, 1.54) is 4.90 Å². The zero-order valence-corrected chi connectivity index (χ0v) is 9.35. The summed E-state index contributed by atoms with van der Waals surface area (Å²) < 4.78 is 0. The first-order chi connectivity index (χ1) is 6.70. The maximum Gasteiger partial charge on any atom is 0.0901 e. The van der Waals surface area contributed by atoms with E-state index < -0.39 is 0 Å². The molecule has 0 N–H and O–H groups in total. The molecule has 14 heavy (non-hydrogen) atoms. The second-order valence-corrected chi connectivity index (χ2v) is 4.13. The monoisotopic (exact) mass is 204 g/mol. The number of fused-ring (bicyclic) bond motifs is 1. The van der Waals surface area contributed by atoms with E-state index in [9.17, 15) is 0 Å². The van der Waals surface area contributed by atoms with Gasteiger partial charge in [0, 0.05) is 4.90 Å². The molecule has 2 rings (SSSR count). The molecule has 1 aromatic carbocycles. The highest BCUT2D eigenvalue weighted by Gasteiger charge is 2.01. The Labute approximate surface area is 87.8 Å². The van der Waals surface area contributed by atoms with Crippen molar-refractivity contribution < 1.29 is 0 Å². The second-order valence-electron chi connectivity index (χ2n) is 3.25. The van der Waals surface area contributed by atoms with Crippen LogP contribution in [-0.2, 0) is 0 Å². The van der Waals surface area contributed by atoms with Gasteiger partial charge < -0.3 is 0 Å². The Morgan fingerprint density at radius 3 is 2.29 bits per heavy atom. The summed E-state index contributed by atoms with van der Waals surface area (Å²) in [4.78, 5) is 10.2. The topological polar surface area (TPSA) is 25.8 Å². The van der Waals surface area contributed by atoms with Gasteiger partial charge >= 0.3 is 0 Å². The summed E-state index contributed by atoms with van der Waals surface area (Å²) in [6.45, 7) is 3.98. The number of aromatic nitrogens is 2. The highest BCUT2D eigenvalue weighted by Crippen LogP contribution is 2.20. The number of aryl methyl sites for hydroxylation is 2. The van der Waals surface area contributed by atoms with Crippen molar-refractivity contribution in [2.45, 2.75) is 18.7 Å². The maximum atomic E-state index is 4.51. The van der Waals surface area contributed by atoms with E-state index in [0.717, 1.165) is 22.4 Å². The molecule has 1 aromatic heterocycles.